The van der Waals surface area contributed by atoms with Crippen molar-refractivity contribution >= 4 is 5.91 Å². The summed E-state index contributed by atoms with van der Waals surface area (Å²) in [6.45, 7) is 2.29. The van der Waals surface area contributed by atoms with Gasteiger partial charge in [-0.2, -0.15) is 0 Å². The second-order valence-electron chi connectivity index (χ2n) is 6.47. The van der Waals surface area contributed by atoms with Gasteiger partial charge >= 0.3 is 0 Å². The molecule has 2 saturated heterocycles. The SMILES string of the molecule is O=C(c1cncc(O)c1)N1C[C@@H]2CNC[C@@H]2[C@H]1c1cccc(F)c1. The minimum Gasteiger partial charge on any atom is -0.506 e. The van der Waals surface area contributed by atoms with Crippen LogP contribution >= 0.6 is 0 Å². The molecule has 2 N–H and O–H groups in total. The Hall–Kier alpha value is -2.47. The summed E-state index contributed by atoms with van der Waals surface area (Å²) in [5.74, 6) is 0.105. The van der Waals surface area contributed by atoms with E-state index in [1.54, 1.807) is 11.0 Å². The first-order chi connectivity index (χ1) is 11.6. The van der Waals surface area contributed by atoms with E-state index in [2.05, 4.69) is 10.3 Å². The summed E-state index contributed by atoms with van der Waals surface area (Å²) < 4.78 is 13.7. The Balaban J connectivity index is 1.71. The molecule has 0 radical (unpaired) electrons. The van der Waals surface area contributed by atoms with E-state index in [4.69, 9.17) is 0 Å². The summed E-state index contributed by atoms with van der Waals surface area (Å²) in [7, 11) is 0. The van der Waals surface area contributed by atoms with Crippen molar-refractivity contribution in [3.63, 3.8) is 0 Å². The van der Waals surface area contributed by atoms with Gasteiger partial charge in [0.05, 0.1) is 17.8 Å². The van der Waals surface area contributed by atoms with E-state index in [1.807, 2.05) is 6.07 Å². The number of benzene rings is 1. The third-order valence-corrected chi connectivity index (χ3v) is 4.99. The number of nitrogens with zero attached hydrogens (tertiary/aromatic N) is 2. The average molecular weight is 327 g/mol. The fraction of sp³-hybridized carbons (Fsp3) is 0.333. The summed E-state index contributed by atoms with van der Waals surface area (Å²) in [5, 5.41) is 13.0. The van der Waals surface area contributed by atoms with Crippen molar-refractivity contribution in [3.05, 3.63) is 59.7 Å². The van der Waals surface area contributed by atoms with E-state index in [-0.39, 0.29) is 29.4 Å². The van der Waals surface area contributed by atoms with Crippen molar-refractivity contribution < 1.29 is 14.3 Å². The minimum atomic E-state index is -0.298. The molecule has 0 saturated carbocycles. The fourth-order valence-electron chi connectivity index (χ4n) is 3.96. The van der Waals surface area contributed by atoms with E-state index in [9.17, 15) is 14.3 Å². The zero-order valence-corrected chi connectivity index (χ0v) is 13.0. The number of rotatable bonds is 2. The molecular weight excluding hydrogens is 309 g/mol. The van der Waals surface area contributed by atoms with Gasteiger partial charge < -0.3 is 15.3 Å². The number of hydrogen-bond acceptors (Lipinski definition) is 4. The Labute approximate surface area is 139 Å². The topological polar surface area (TPSA) is 65.5 Å². The second-order valence-corrected chi connectivity index (χ2v) is 6.47. The van der Waals surface area contributed by atoms with E-state index >= 15 is 0 Å². The van der Waals surface area contributed by atoms with Gasteiger partial charge in [-0.05, 0) is 29.7 Å². The molecular formula is C18H18FN3O2. The highest BCUT2D eigenvalue weighted by Gasteiger charge is 2.47. The monoisotopic (exact) mass is 327 g/mol. The summed E-state index contributed by atoms with van der Waals surface area (Å²) in [6.07, 6.45) is 2.75. The number of halogens is 1. The van der Waals surface area contributed by atoms with Gasteiger partial charge in [0, 0.05) is 31.7 Å². The number of fused-ring (bicyclic) bond motifs is 1. The molecule has 2 aromatic rings. The standard InChI is InChI=1S/C18H18FN3O2/c19-14-3-1-2-11(4-14)17-16-9-21-7-13(16)10-22(17)18(24)12-5-15(23)8-20-6-12/h1-6,8,13,16-17,21,23H,7,9-10H2/t13-,16-,17+/m0/s1. The number of aromatic nitrogens is 1. The van der Waals surface area contributed by atoms with Crippen molar-refractivity contribution in [2.24, 2.45) is 11.8 Å². The molecule has 0 spiro atoms. The molecule has 24 heavy (non-hydrogen) atoms. The van der Waals surface area contributed by atoms with Gasteiger partial charge in [0.15, 0.2) is 0 Å². The zero-order chi connectivity index (χ0) is 16.7. The molecule has 1 aromatic carbocycles. The smallest absolute Gasteiger partial charge is 0.256 e. The van der Waals surface area contributed by atoms with Gasteiger partial charge in [-0.15, -0.1) is 0 Å². The number of pyridine rings is 1. The maximum atomic E-state index is 13.7. The number of amides is 1. The molecule has 124 valence electrons. The zero-order valence-electron chi connectivity index (χ0n) is 13.0. The van der Waals surface area contributed by atoms with E-state index in [1.165, 1.54) is 30.6 Å². The number of nitrogens with one attached hydrogen (secondary N) is 1. The quantitative estimate of drug-likeness (QED) is 0.885. The number of carbonyl (C=O) groups is 1. The molecule has 1 amide bonds. The maximum Gasteiger partial charge on any atom is 0.256 e. The lowest BCUT2D eigenvalue weighted by Crippen LogP contribution is -2.34. The Morgan fingerprint density at radius 2 is 2.17 bits per heavy atom. The van der Waals surface area contributed by atoms with Crippen LogP contribution in [0.25, 0.3) is 0 Å². The predicted octanol–water partition coefficient (Wildman–Crippen LogP) is 1.96. The molecule has 3 atom stereocenters. The average Bonchev–Trinajstić information content (AvgIpc) is 3.14. The molecule has 1 aromatic heterocycles. The van der Waals surface area contributed by atoms with Gasteiger partial charge in [-0.1, -0.05) is 12.1 Å². The lowest BCUT2D eigenvalue weighted by atomic mass is 9.89. The van der Waals surface area contributed by atoms with Gasteiger partial charge in [0.2, 0.25) is 0 Å². The first kappa shape index (κ1) is 15.1. The summed E-state index contributed by atoms with van der Waals surface area (Å²) in [6, 6.07) is 7.72. The molecule has 4 rings (SSSR count). The van der Waals surface area contributed by atoms with Crippen LogP contribution in [-0.2, 0) is 0 Å². The van der Waals surface area contributed by atoms with Gasteiger partial charge in [0.1, 0.15) is 11.6 Å². The normalized spacial score (nSPS) is 25.7. The third kappa shape index (κ3) is 2.53. The van der Waals surface area contributed by atoms with Crippen LogP contribution in [0.2, 0.25) is 0 Å². The number of likely N-dealkylation sites (tertiary alicyclic amines) is 1. The van der Waals surface area contributed by atoms with Crippen LogP contribution in [0.4, 0.5) is 4.39 Å². The molecule has 2 aliphatic rings. The molecule has 6 heteroatoms. The fourth-order valence-corrected chi connectivity index (χ4v) is 3.96. The first-order valence-corrected chi connectivity index (χ1v) is 8.04. The third-order valence-electron chi connectivity index (χ3n) is 4.99. The Morgan fingerprint density at radius 3 is 2.96 bits per heavy atom. The van der Waals surface area contributed by atoms with Gasteiger partial charge in [-0.25, -0.2) is 4.39 Å². The van der Waals surface area contributed by atoms with E-state index < -0.39 is 0 Å². The largest absolute Gasteiger partial charge is 0.506 e. The van der Waals surface area contributed by atoms with Crippen LogP contribution < -0.4 is 5.32 Å². The number of carbonyl (C=O) groups excluding carboxylic acids is 1. The first-order valence-electron chi connectivity index (χ1n) is 8.04. The summed E-state index contributed by atoms with van der Waals surface area (Å²) in [5.41, 5.74) is 1.16. The van der Waals surface area contributed by atoms with Crippen molar-refractivity contribution in [2.45, 2.75) is 6.04 Å². The lowest BCUT2D eigenvalue weighted by Gasteiger charge is -2.28. The van der Waals surface area contributed by atoms with Crippen molar-refractivity contribution in [1.82, 2.24) is 15.2 Å². The number of aromatic hydroxyl groups is 1. The molecule has 0 bridgehead atoms. The summed E-state index contributed by atoms with van der Waals surface area (Å²) in [4.78, 5) is 18.6. The Bertz CT molecular complexity index is 782. The van der Waals surface area contributed by atoms with Crippen molar-refractivity contribution in [3.8, 4) is 5.75 Å². The molecule has 0 aliphatic carbocycles. The lowest BCUT2D eigenvalue weighted by molar-refractivity contribution is 0.0713. The summed E-state index contributed by atoms with van der Waals surface area (Å²) >= 11 is 0. The van der Waals surface area contributed by atoms with E-state index in [0.717, 1.165) is 18.7 Å². The maximum absolute atomic E-state index is 13.7. The van der Waals surface area contributed by atoms with Gasteiger partial charge in [0.25, 0.3) is 5.91 Å². The van der Waals surface area contributed by atoms with Crippen molar-refractivity contribution in [2.75, 3.05) is 19.6 Å². The van der Waals surface area contributed by atoms with Crippen LogP contribution in [0, 0.1) is 17.7 Å². The molecule has 2 aliphatic heterocycles. The van der Waals surface area contributed by atoms with Crippen LogP contribution in [0.15, 0.2) is 42.7 Å². The molecule has 0 unspecified atom stereocenters. The van der Waals surface area contributed by atoms with Gasteiger partial charge in [-0.3, -0.25) is 9.78 Å². The molecule has 5 nitrogen and oxygen atoms in total. The molecule has 3 heterocycles. The Morgan fingerprint density at radius 1 is 1.29 bits per heavy atom. The van der Waals surface area contributed by atoms with E-state index in [0.29, 0.717) is 18.0 Å². The van der Waals surface area contributed by atoms with Crippen LogP contribution in [0.1, 0.15) is 22.0 Å². The Kier molecular flexibility index (Phi) is 3.69. The van der Waals surface area contributed by atoms with Crippen LogP contribution in [-0.4, -0.2) is 40.5 Å². The molecule has 2 fully saturated rings. The second kappa shape index (κ2) is 5.87. The predicted molar refractivity (Wildman–Crippen MR) is 85.9 cm³/mol. The highest BCUT2D eigenvalue weighted by molar-refractivity contribution is 5.94. The highest BCUT2D eigenvalue weighted by atomic mass is 19.1. The highest BCUT2D eigenvalue weighted by Crippen LogP contribution is 2.43. The van der Waals surface area contributed by atoms with Crippen molar-refractivity contribution in [1.29, 1.82) is 0 Å². The minimum absolute atomic E-state index is 0.0378. The van der Waals surface area contributed by atoms with Crippen LogP contribution in [0.5, 0.6) is 5.75 Å². The number of hydrogen-bond donors (Lipinski definition) is 2. The van der Waals surface area contributed by atoms with Crippen LogP contribution in [0.3, 0.4) is 0 Å².